The zero-order valence-corrected chi connectivity index (χ0v) is 9.52. The molecule has 0 saturated carbocycles. The lowest BCUT2D eigenvalue weighted by molar-refractivity contribution is -0.136. The monoisotopic (exact) mass is 236 g/mol. The Labute approximate surface area is 98.1 Å². The van der Waals surface area contributed by atoms with E-state index in [1.165, 1.54) is 14.2 Å². The number of hydrazine groups is 1. The van der Waals surface area contributed by atoms with Gasteiger partial charge in [-0.3, -0.25) is 5.01 Å². The fourth-order valence-electron chi connectivity index (χ4n) is 1.67. The van der Waals surface area contributed by atoms with E-state index in [1.54, 1.807) is 23.4 Å². The first kappa shape index (κ1) is 11.4. The quantitative estimate of drug-likeness (QED) is 0.673. The summed E-state index contributed by atoms with van der Waals surface area (Å²) in [5, 5.41) is 1.67. The molecule has 0 aromatic rings. The van der Waals surface area contributed by atoms with Crippen LogP contribution in [-0.2, 0) is 19.1 Å². The van der Waals surface area contributed by atoms with E-state index in [4.69, 9.17) is 0 Å². The van der Waals surface area contributed by atoms with E-state index in [0.29, 0.717) is 23.4 Å². The molecule has 0 spiro atoms. The van der Waals surface area contributed by atoms with Crippen LogP contribution in [0.25, 0.3) is 0 Å². The van der Waals surface area contributed by atoms with Crippen LogP contribution in [0.2, 0.25) is 0 Å². The number of rotatable bonds is 2. The predicted octanol–water partition coefficient (Wildman–Crippen LogP) is -0.140. The number of ether oxygens (including phenoxy) is 2. The van der Waals surface area contributed by atoms with Crippen molar-refractivity contribution < 1.29 is 19.1 Å². The van der Waals surface area contributed by atoms with Crippen LogP contribution in [0.15, 0.2) is 35.2 Å². The lowest BCUT2D eigenvalue weighted by Gasteiger charge is -2.19. The molecule has 0 saturated heterocycles. The maximum Gasteiger partial charge on any atom is 0.337 e. The topological polar surface area (TPSA) is 67.9 Å². The Kier molecular flexibility index (Phi) is 2.97. The lowest BCUT2D eigenvalue weighted by Crippen LogP contribution is -2.28. The Hall–Kier alpha value is -2.08. The van der Waals surface area contributed by atoms with Gasteiger partial charge < -0.3 is 9.47 Å². The van der Waals surface area contributed by atoms with E-state index in [0.717, 1.165) is 0 Å². The van der Waals surface area contributed by atoms with Crippen molar-refractivity contribution in [2.75, 3.05) is 20.8 Å². The highest BCUT2D eigenvalue weighted by atomic mass is 16.5. The SMILES string of the molecule is COC(=O)C1=CC2=C(C(=O)OC)CNN2C=C1. The molecule has 2 rings (SSSR count). The van der Waals surface area contributed by atoms with Gasteiger partial charge in [-0.15, -0.1) is 0 Å². The van der Waals surface area contributed by atoms with Gasteiger partial charge in [0.05, 0.1) is 31.1 Å². The summed E-state index contributed by atoms with van der Waals surface area (Å²) in [6.45, 7) is 0.372. The number of hydrogen-bond acceptors (Lipinski definition) is 6. The van der Waals surface area contributed by atoms with Crippen molar-refractivity contribution in [3.8, 4) is 0 Å². The van der Waals surface area contributed by atoms with Gasteiger partial charge in [0.1, 0.15) is 0 Å². The molecule has 0 radical (unpaired) electrons. The minimum absolute atomic E-state index is 0.372. The molecule has 0 aromatic carbocycles. The molecule has 0 atom stereocenters. The summed E-state index contributed by atoms with van der Waals surface area (Å²) in [7, 11) is 2.63. The van der Waals surface area contributed by atoms with Gasteiger partial charge in [0.25, 0.3) is 0 Å². The Balaban J connectivity index is 2.37. The number of methoxy groups -OCH3 is 2. The van der Waals surface area contributed by atoms with Crippen LogP contribution in [0.1, 0.15) is 0 Å². The van der Waals surface area contributed by atoms with E-state index < -0.39 is 11.9 Å². The standard InChI is InChI=1S/C11H12N2O4/c1-16-10(14)7-3-4-13-9(5-7)8(6-12-13)11(15)17-2/h3-5,12H,6H2,1-2H3. The second kappa shape index (κ2) is 4.42. The molecule has 0 amide bonds. The third-order valence-electron chi connectivity index (χ3n) is 2.54. The van der Waals surface area contributed by atoms with Crippen LogP contribution in [0.3, 0.4) is 0 Å². The highest BCUT2D eigenvalue weighted by Gasteiger charge is 2.28. The van der Waals surface area contributed by atoms with E-state index >= 15 is 0 Å². The maximum atomic E-state index is 11.5. The van der Waals surface area contributed by atoms with Gasteiger partial charge in [0.2, 0.25) is 0 Å². The average Bonchev–Trinajstić information content (AvgIpc) is 2.79. The summed E-state index contributed by atoms with van der Waals surface area (Å²) < 4.78 is 9.30. The molecule has 1 N–H and O–H groups in total. The fraction of sp³-hybridized carbons (Fsp3) is 0.273. The van der Waals surface area contributed by atoms with E-state index in [2.05, 4.69) is 14.9 Å². The van der Waals surface area contributed by atoms with Gasteiger partial charge in [-0.25, -0.2) is 15.0 Å². The third kappa shape index (κ3) is 1.94. The number of hydrogen-bond donors (Lipinski definition) is 1. The number of esters is 2. The Morgan fingerprint density at radius 1 is 1.29 bits per heavy atom. The largest absolute Gasteiger partial charge is 0.466 e. The summed E-state index contributed by atoms with van der Waals surface area (Å²) in [5.74, 6) is -0.852. The first-order chi connectivity index (χ1) is 8.17. The van der Waals surface area contributed by atoms with E-state index in [-0.39, 0.29) is 0 Å². The molecule has 0 bridgehead atoms. The van der Waals surface area contributed by atoms with Gasteiger partial charge in [-0.2, -0.15) is 0 Å². The van der Waals surface area contributed by atoms with E-state index in [9.17, 15) is 9.59 Å². The van der Waals surface area contributed by atoms with Crippen molar-refractivity contribution in [2.24, 2.45) is 0 Å². The second-order valence-electron chi connectivity index (χ2n) is 3.47. The number of fused-ring (bicyclic) bond motifs is 1. The molecule has 0 unspecified atom stereocenters. The van der Waals surface area contributed by atoms with Gasteiger partial charge in [-0.1, -0.05) is 0 Å². The summed E-state index contributed by atoms with van der Waals surface area (Å²) in [4.78, 5) is 22.9. The van der Waals surface area contributed by atoms with Crippen LogP contribution in [0.5, 0.6) is 0 Å². The molecule has 0 aromatic heterocycles. The lowest BCUT2D eigenvalue weighted by atomic mass is 10.1. The first-order valence-electron chi connectivity index (χ1n) is 4.99. The minimum atomic E-state index is -0.440. The average molecular weight is 236 g/mol. The highest BCUT2D eigenvalue weighted by molar-refractivity contribution is 5.95. The zero-order valence-electron chi connectivity index (χ0n) is 9.52. The molecule has 2 aliphatic rings. The van der Waals surface area contributed by atoms with Crippen molar-refractivity contribution in [3.63, 3.8) is 0 Å². The first-order valence-corrected chi connectivity index (χ1v) is 4.99. The Bertz CT molecular complexity index is 462. The van der Waals surface area contributed by atoms with Crippen molar-refractivity contribution in [1.82, 2.24) is 10.4 Å². The zero-order chi connectivity index (χ0) is 12.4. The molecular formula is C11H12N2O4. The predicted molar refractivity (Wildman–Crippen MR) is 58.1 cm³/mol. The molecule has 2 heterocycles. The normalized spacial score (nSPS) is 17.8. The molecule has 0 fully saturated rings. The minimum Gasteiger partial charge on any atom is -0.466 e. The summed E-state index contributed by atoms with van der Waals surface area (Å²) >= 11 is 0. The highest BCUT2D eigenvalue weighted by Crippen LogP contribution is 2.24. The van der Waals surface area contributed by atoms with Gasteiger partial charge in [0.15, 0.2) is 0 Å². The van der Waals surface area contributed by atoms with Crippen LogP contribution < -0.4 is 5.43 Å². The fourth-order valence-corrected chi connectivity index (χ4v) is 1.67. The van der Waals surface area contributed by atoms with Crippen LogP contribution in [0.4, 0.5) is 0 Å². The van der Waals surface area contributed by atoms with Crippen molar-refractivity contribution >= 4 is 11.9 Å². The number of nitrogens with one attached hydrogen (secondary N) is 1. The van der Waals surface area contributed by atoms with Crippen molar-refractivity contribution in [2.45, 2.75) is 0 Å². The van der Waals surface area contributed by atoms with Crippen molar-refractivity contribution in [3.05, 3.63) is 35.2 Å². The van der Waals surface area contributed by atoms with E-state index in [1.807, 2.05) is 0 Å². The number of nitrogens with zero attached hydrogens (tertiary/aromatic N) is 1. The maximum absolute atomic E-state index is 11.5. The van der Waals surface area contributed by atoms with Gasteiger partial charge >= 0.3 is 11.9 Å². The summed E-state index contributed by atoms with van der Waals surface area (Å²) in [6, 6.07) is 0. The summed E-state index contributed by atoms with van der Waals surface area (Å²) in [6.07, 6.45) is 4.87. The molecule has 6 heteroatoms. The number of allylic oxidation sites excluding steroid dienone is 1. The number of carbonyl (C=O) groups excluding carboxylic acids is 2. The smallest absolute Gasteiger partial charge is 0.337 e. The second-order valence-corrected chi connectivity index (χ2v) is 3.47. The van der Waals surface area contributed by atoms with Crippen LogP contribution in [-0.4, -0.2) is 37.7 Å². The van der Waals surface area contributed by atoms with Gasteiger partial charge in [-0.05, 0) is 12.2 Å². The Morgan fingerprint density at radius 2 is 2.00 bits per heavy atom. The molecule has 2 aliphatic heterocycles. The molecule has 6 nitrogen and oxygen atoms in total. The molecule has 0 aliphatic carbocycles. The Morgan fingerprint density at radius 3 is 2.65 bits per heavy atom. The molecular weight excluding hydrogens is 224 g/mol. The van der Waals surface area contributed by atoms with Gasteiger partial charge in [0, 0.05) is 12.7 Å². The molecule has 90 valence electrons. The van der Waals surface area contributed by atoms with Crippen LogP contribution in [0, 0.1) is 0 Å². The van der Waals surface area contributed by atoms with Crippen molar-refractivity contribution in [1.29, 1.82) is 0 Å². The van der Waals surface area contributed by atoms with Crippen LogP contribution >= 0.6 is 0 Å². The summed E-state index contributed by atoms with van der Waals surface area (Å²) in [5.41, 5.74) is 4.46. The molecule has 17 heavy (non-hydrogen) atoms. The third-order valence-corrected chi connectivity index (χ3v) is 2.54. The number of carbonyl (C=O) groups is 2.